The van der Waals surface area contributed by atoms with Crippen LogP contribution in [0.25, 0.3) is 4.96 Å². The molecule has 5 nitrogen and oxygen atoms in total. The van der Waals surface area contributed by atoms with E-state index >= 15 is 0 Å². The molecule has 0 unspecified atom stereocenters. The standard InChI is InChI=1S/C15H18N4OS/c1-10-9-21-15-18-11(2)13(19(10)15)8-16-7-12-4-5-17-14(6-12)20-3/h4-6,9,16H,7-8H2,1-3H3. The van der Waals surface area contributed by atoms with Gasteiger partial charge in [-0.3, -0.25) is 4.40 Å². The van der Waals surface area contributed by atoms with Gasteiger partial charge in [0.2, 0.25) is 5.88 Å². The Hall–Kier alpha value is -1.92. The van der Waals surface area contributed by atoms with Crippen LogP contribution in [-0.2, 0) is 13.1 Å². The molecule has 110 valence electrons. The van der Waals surface area contributed by atoms with Crippen LogP contribution < -0.4 is 10.1 Å². The Morgan fingerprint density at radius 3 is 3.00 bits per heavy atom. The van der Waals surface area contributed by atoms with Crippen molar-refractivity contribution in [2.75, 3.05) is 7.11 Å². The first-order chi connectivity index (χ1) is 10.2. The van der Waals surface area contributed by atoms with Crippen molar-refractivity contribution < 1.29 is 4.74 Å². The molecule has 0 spiro atoms. The molecule has 0 aromatic carbocycles. The number of rotatable bonds is 5. The van der Waals surface area contributed by atoms with Gasteiger partial charge in [0, 0.05) is 36.4 Å². The molecule has 0 atom stereocenters. The van der Waals surface area contributed by atoms with Crippen LogP contribution in [0, 0.1) is 13.8 Å². The number of nitrogens with one attached hydrogen (secondary N) is 1. The minimum Gasteiger partial charge on any atom is -0.481 e. The van der Waals surface area contributed by atoms with Crippen LogP contribution in [0.15, 0.2) is 23.7 Å². The maximum atomic E-state index is 5.14. The summed E-state index contributed by atoms with van der Waals surface area (Å²) in [7, 11) is 1.63. The molecule has 3 rings (SSSR count). The molecule has 0 aliphatic heterocycles. The van der Waals surface area contributed by atoms with Gasteiger partial charge in [-0.05, 0) is 25.5 Å². The molecule has 0 amide bonds. The van der Waals surface area contributed by atoms with Gasteiger partial charge in [0.1, 0.15) is 0 Å². The van der Waals surface area contributed by atoms with E-state index < -0.39 is 0 Å². The van der Waals surface area contributed by atoms with Gasteiger partial charge < -0.3 is 10.1 Å². The fourth-order valence-electron chi connectivity index (χ4n) is 2.37. The maximum Gasteiger partial charge on any atom is 0.213 e. The van der Waals surface area contributed by atoms with E-state index in [0.29, 0.717) is 5.88 Å². The zero-order chi connectivity index (χ0) is 14.8. The number of hydrogen-bond acceptors (Lipinski definition) is 5. The third kappa shape index (κ3) is 2.77. The predicted molar refractivity (Wildman–Crippen MR) is 83.9 cm³/mol. The van der Waals surface area contributed by atoms with Crippen LogP contribution in [0.4, 0.5) is 0 Å². The number of aryl methyl sites for hydroxylation is 2. The average Bonchev–Trinajstić information content (AvgIpc) is 3.00. The zero-order valence-corrected chi connectivity index (χ0v) is 13.2. The second-order valence-electron chi connectivity index (χ2n) is 4.95. The van der Waals surface area contributed by atoms with Gasteiger partial charge in [-0.1, -0.05) is 0 Å². The SMILES string of the molecule is COc1cc(CNCc2c(C)nc3scc(C)n23)ccn1. The zero-order valence-electron chi connectivity index (χ0n) is 12.4. The summed E-state index contributed by atoms with van der Waals surface area (Å²) < 4.78 is 7.36. The Bertz CT molecular complexity index is 762. The number of thiazole rings is 1. The largest absolute Gasteiger partial charge is 0.481 e. The van der Waals surface area contributed by atoms with Crippen molar-refractivity contribution in [3.8, 4) is 5.88 Å². The first kappa shape index (κ1) is 14.0. The number of methoxy groups -OCH3 is 1. The topological polar surface area (TPSA) is 51.5 Å². The molecule has 0 bridgehead atoms. The molecule has 0 aliphatic carbocycles. The second-order valence-corrected chi connectivity index (χ2v) is 5.79. The van der Waals surface area contributed by atoms with Crippen molar-refractivity contribution >= 4 is 16.3 Å². The van der Waals surface area contributed by atoms with Crippen molar-refractivity contribution in [3.63, 3.8) is 0 Å². The van der Waals surface area contributed by atoms with Gasteiger partial charge in [-0.25, -0.2) is 9.97 Å². The van der Waals surface area contributed by atoms with E-state index in [1.54, 1.807) is 24.6 Å². The van der Waals surface area contributed by atoms with E-state index in [1.807, 2.05) is 12.1 Å². The fourth-order valence-corrected chi connectivity index (χ4v) is 3.30. The van der Waals surface area contributed by atoms with Gasteiger partial charge in [-0.2, -0.15) is 0 Å². The van der Waals surface area contributed by atoms with Crippen LogP contribution >= 0.6 is 11.3 Å². The fraction of sp³-hybridized carbons (Fsp3) is 0.333. The Balaban J connectivity index is 1.71. The van der Waals surface area contributed by atoms with Crippen LogP contribution in [-0.4, -0.2) is 21.5 Å². The van der Waals surface area contributed by atoms with Crippen LogP contribution in [0.2, 0.25) is 0 Å². The molecular formula is C15H18N4OS. The van der Waals surface area contributed by atoms with E-state index in [2.05, 4.69) is 38.9 Å². The summed E-state index contributed by atoms with van der Waals surface area (Å²) >= 11 is 1.68. The summed E-state index contributed by atoms with van der Waals surface area (Å²) in [5, 5.41) is 5.60. The molecule has 0 radical (unpaired) electrons. The lowest BCUT2D eigenvalue weighted by Crippen LogP contribution is -2.15. The predicted octanol–water partition coefficient (Wildman–Crippen LogP) is 2.71. The minimum absolute atomic E-state index is 0.644. The lowest BCUT2D eigenvalue weighted by atomic mass is 10.2. The number of pyridine rings is 1. The molecular weight excluding hydrogens is 284 g/mol. The Labute approximate surface area is 127 Å². The molecule has 3 aromatic rings. The van der Waals surface area contributed by atoms with E-state index in [1.165, 1.54) is 11.4 Å². The third-order valence-electron chi connectivity index (χ3n) is 3.46. The molecule has 21 heavy (non-hydrogen) atoms. The summed E-state index contributed by atoms with van der Waals surface area (Å²) in [5.41, 5.74) is 4.70. The summed E-state index contributed by atoms with van der Waals surface area (Å²) in [6.45, 7) is 5.73. The molecule has 0 aliphatic rings. The van der Waals surface area contributed by atoms with Crippen molar-refractivity contribution in [1.29, 1.82) is 0 Å². The summed E-state index contributed by atoms with van der Waals surface area (Å²) in [4.78, 5) is 9.77. The average molecular weight is 302 g/mol. The lowest BCUT2D eigenvalue weighted by Gasteiger charge is -2.07. The van der Waals surface area contributed by atoms with Crippen molar-refractivity contribution in [3.05, 3.63) is 46.4 Å². The van der Waals surface area contributed by atoms with E-state index in [4.69, 9.17) is 4.74 Å². The monoisotopic (exact) mass is 302 g/mol. The number of nitrogens with zero attached hydrogens (tertiary/aromatic N) is 3. The highest BCUT2D eigenvalue weighted by Crippen LogP contribution is 2.20. The molecule has 1 N–H and O–H groups in total. The number of aromatic nitrogens is 3. The molecule has 3 aromatic heterocycles. The molecule has 3 heterocycles. The van der Waals surface area contributed by atoms with Crippen LogP contribution in [0.3, 0.4) is 0 Å². The van der Waals surface area contributed by atoms with Gasteiger partial charge in [-0.15, -0.1) is 11.3 Å². The summed E-state index contributed by atoms with van der Waals surface area (Å²) in [6, 6.07) is 3.94. The third-order valence-corrected chi connectivity index (χ3v) is 4.40. The maximum absolute atomic E-state index is 5.14. The number of fused-ring (bicyclic) bond motifs is 1. The van der Waals surface area contributed by atoms with Gasteiger partial charge in [0.05, 0.1) is 18.5 Å². The van der Waals surface area contributed by atoms with Crippen molar-refractivity contribution in [1.82, 2.24) is 19.7 Å². The van der Waals surface area contributed by atoms with Crippen LogP contribution in [0.5, 0.6) is 5.88 Å². The first-order valence-corrected chi connectivity index (χ1v) is 7.68. The highest BCUT2D eigenvalue weighted by molar-refractivity contribution is 7.15. The highest BCUT2D eigenvalue weighted by atomic mass is 32.1. The van der Waals surface area contributed by atoms with Gasteiger partial charge in [0.25, 0.3) is 0 Å². The highest BCUT2D eigenvalue weighted by Gasteiger charge is 2.11. The molecule has 0 saturated carbocycles. The minimum atomic E-state index is 0.644. The molecule has 0 saturated heterocycles. The van der Waals surface area contributed by atoms with Gasteiger partial charge in [0.15, 0.2) is 4.96 Å². The van der Waals surface area contributed by atoms with Crippen molar-refractivity contribution in [2.45, 2.75) is 26.9 Å². The lowest BCUT2D eigenvalue weighted by molar-refractivity contribution is 0.397. The number of imidazole rings is 1. The number of hydrogen-bond donors (Lipinski definition) is 1. The van der Waals surface area contributed by atoms with Crippen LogP contribution in [0.1, 0.15) is 22.6 Å². The number of ether oxygens (including phenoxy) is 1. The first-order valence-electron chi connectivity index (χ1n) is 6.80. The Morgan fingerprint density at radius 2 is 2.19 bits per heavy atom. The van der Waals surface area contributed by atoms with E-state index in [9.17, 15) is 0 Å². The van der Waals surface area contributed by atoms with E-state index in [-0.39, 0.29) is 0 Å². The Kier molecular flexibility index (Phi) is 3.90. The summed E-state index contributed by atoms with van der Waals surface area (Å²) in [5.74, 6) is 0.644. The normalized spacial score (nSPS) is 11.2. The Morgan fingerprint density at radius 1 is 1.33 bits per heavy atom. The molecule has 0 fully saturated rings. The smallest absolute Gasteiger partial charge is 0.213 e. The van der Waals surface area contributed by atoms with E-state index in [0.717, 1.165) is 29.3 Å². The van der Waals surface area contributed by atoms with Crippen molar-refractivity contribution in [2.24, 2.45) is 0 Å². The molecule has 6 heteroatoms. The second kappa shape index (κ2) is 5.83. The quantitative estimate of drug-likeness (QED) is 0.787. The van der Waals surface area contributed by atoms with Gasteiger partial charge >= 0.3 is 0 Å². The summed E-state index contributed by atoms with van der Waals surface area (Å²) in [6.07, 6.45) is 1.77.